The van der Waals surface area contributed by atoms with Crippen LogP contribution in [0.2, 0.25) is 0 Å². The first kappa shape index (κ1) is 25.2. The van der Waals surface area contributed by atoms with Crippen molar-refractivity contribution >= 4 is 23.9 Å². The Labute approximate surface area is 186 Å². The number of nitrogens with one attached hydrogen (secondary N) is 6. The summed E-state index contributed by atoms with van der Waals surface area (Å²) in [6.07, 6.45) is 0.656. The van der Waals surface area contributed by atoms with E-state index in [9.17, 15) is 13.2 Å². The van der Waals surface area contributed by atoms with E-state index in [0.29, 0.717) is 17.2 Å². The molecule has 0 bridgehead atoms. The highest BCUT2D eigenvalue weighted by atomic mass is 32.2. The lowest BCUT2D eigenvalue weighted by Gasteiger charge is -2.33. The van der Waals surface area contributed by atoms with Gasteiger partial charge < -0.3 is 31.5 Å². The molecule has 0 amide bonds. The van der Waals surface area contributed by atoms with E-state index in [0.717, 1.165) is 30.0 Å². The molecule has 174 valence electrons. The molecule has 0 radical (unpaired) electrons. The molecule has 6 N–H and O–H groups in total. The molecular formula is C21H33F3N6S. The van der Waals surface area contributed by atoms with E-state index in [2.05, 4.69) is 34.5 Å². The van der Waals surface area contributed by atoms with Gasteiger partial charge in [0.05, 0.1) is 16.3 Å². The maximum absolute atomic E-state index is 12.8. The SMILES string of the molecule is CC1C=C(NS/C(C=N)=C2\CCC(C)(C)CN2)N/C(=C(/NCC(F)(F)F)C(C)C)C1=N. The molecule has 6 nitrogen and oxygen atoms in total. The Morgan fingerprint density at radius 1 is 1.39 bits per heavy atom. The third kappa shape index (κ3) is 7.22. The van der Waals surface area contributed by atoms with Crippen molar-refractivity contribution in [2.45, 2.75) is 53.6 Å². The third-order valence-electron chi connectivity index (χ3n) is 5.26. The van der Waals surface area contributed by atoms with Gasteiger partial charge >= 0.3 is 6.18 Å². The van der Waals surface area contributed by atoms with Crippen LogP contribution in [0.25, 0.3) is 0 Å². The average molecular weight is 459 g/mol. The Hall–Kier alpha value is -2.10. The lowest BCUT2D eigenvalue weighted by atomic mass is 9.84. The van der Waals surface area contributed by atoms with E-state index in [4.69, 9.17) is 10.8 Å². The maximum Gasteiger partial charge on any atom is 0.405 e. The van der Waals surface area contributed by atoms with Gasteiger partial charge in [-0.3, -0.25) is 0 Å². The van der Waals surface area contributed by atoms with E-state index in [-0.39, 0.29) is 23.0 Å². The molecule has 0 aromatic rings. The van der Waals surface area contributed by atoms with Crippen LogP contribution < -0.4 is 20.7 Å². The monoisotopic (exact) mass is 458 g/mol. The van der Waals surface area contributed by atoms with Crippen LogP contribution in [0.3, 0.4) is 0 Å². The van der Waals surface area contributed by atoms with Crippen molar-refractivity contribution in [1.82, 2.24) is 20.7 Å². The Kier molecular flexibility index (Phi) is 8.13. The summed E-state index contributed by atoms with van der Waals surface area (Å²) >= 11 is 1.28. The van der Waals surface area contributed by atoms with Gasteiger partial charge in [-0.2, -0.15) is 13.2 Å². The summed E-state index contributed by atoms with van der Waals surface area (Å²) < 4.78 is 41.4. The summed E-state index contributed by atoms with van der Waals surface area (Å²) in [5.41, 5.74) is 2.17. The molecule has 1 saturated heterocycles. The fourth-order valence-corrected chi connectivity index (χ4v) is 4.03. The van der Waals surface area contributed by atoms with Crippen LogP contribution >= 0.6 is 11.9 Å². The molecular weight excluding hydrogens is 425 g/mol. The first-order chi connectivity index (χ1) is 14.3. The summed E-state index contributed by atoms with van der Waals surface area (Å²) in [5, 5.41) is 25.1. The topological polar surface area (TPSA) is 95.8 Å². The molecule has 31 heavy (non-hydrogen) atoms. The highest BCUT2D eigenvalue weighted by Crippen LogP contribution is 2.31. The van der Waals surface area contributed by atoms with Crippen LogP contribution in [0, 0.1) is 28.1 Å². The zero-order chi connectivity index (χ0) is 23.4. The number of halogens is 3. The lowest BCUT2D eigenvalue weighted by molar-refractivity contribution is -0.123. The van der Waals surface area contributed by atoms with E-state index < -0.39 is 12.7 Å². The van der Waals surface area contributed by atoms with E-state index in [1.165, 1.54) is 18.2 Å². The Bertz CT molecular complexity index is 783. The molecule has 0 aromatic carbocycles. The summed E-state index contributed by atoms with van der Waals surface area (Å²) in [4.78, 5) is 0.760. The minimum absolute atomic E-state index is 0.217. The molecule has 1 fully saturated rings. The molecule has 0 aliphatic carbocycles. The smallest absolute Gasteiger partial charge is 0.387 e. The lowest BCUT2D eigenvalue weighted by Crippen LogP contribution is -2.39. The second kappa shape index (κ2) is 10.0. The highest BCUT2D eigenvalue weighted by Gasteiger charge is 2.30. The summed E-state index contributed by atoms with van der Waals surface area (Å²) in [5.74, 6) is 0.0930. The van der Waals surface area contributed by atoms with E-state index >= 15 is 0 Å². The van der Waals surface area contributed by atoms with Crippen molar-refractivity contribution in [2.24, 2.45) is 17.3 Å². The van der Waals surface area contributed by atoms with Crippen molar-refractivity contribution in [3.63, 3.8) is 0 Å². The zero-order valence-corrected chi connectivity index (χ0v) is 19.5. The Morgan fingerprint density at radius 3 is 2.58 bits per heavy atom. The molecule has 10 heteroatoms. The minimum Gasteiger partial charge on any atom is -0.387 e. The molecule has 0 aromatic heterocycles. The van der Waals surface area contributed by atoms with Crippen LogP contribution in [-0.2, 0) is 0 Å². The standard InChI is InChI=1S/C21H33F3N6S/c1-12(2)18(28-11-21(22,23)24)19-17(26)13(3)8-16(29-19)30-31-15(9-25)14-6-7-20(4,5)10-27-14/h8-9,12-13,25-30H,6-7,10-11H2,1-5H3/b15-14+,19-18+,25-9?,26-17?. The molecule has 0 spiro atoms. The normalized spacial score (nSPS) is 24.6. The van der Waals surface area contributed by atoms with Gasteiger partial charge in [0, 0.05) is 30.1 Å². The van der Waals surface area contributed by atoms with E-state index in [1.807, 2.05) is 13.0 Å². The van der Waals surface area contributed by atoms with Crippen LogP contribution in [0.15, 0.2) is 33.9 Å². The van der Waals surface area contributed by atoms with Crippen LogP contribution in [0.5, 0.6) is 0 Å². The van der Waals surface area contributed by atoms with Crippen LogP contribution in [0.1, 0.15) is 47.5 Å². The molecule has 2 heterocycles. The predicted octanol–water partition coefficient (Wildman–Crippen LogP) is 4.61. The zero-order valence-electron chi connectivity index (χ0n) is 18.7. The number of alkyl halides is 3. The van der Waals surface area contributed by atoms with Gasteiger partial charge in [-0.25, -0.2) is 0 Å². The Balaban J connectivity index is 2.17. The van der Waals surface area contributed by atoms with Gasteiger partial charge in [0.15, 0.2) is 0 Å². The van der Waals surface area contributed by atoms with Crippen LogP contribution in [-0.4, -0.2) is 31.2 Å². The molecule has 0 saturated carbocycles. The van der Waals surface area contributed by atoms with Gasteiger partial charge in [-0.05, 0) is 42.2 Å². The van der Waals surface area contributed by atoms with Crippen molar-refractivity contribution in [1.29, 1.82) is 10.8 Å². The molecule has 2 rings (SSSR count). The first-order valence-electron chi connectivity index (χ1n) is 10.4. The maximum atomic E-state index is 12.8. The summed E-state index contributed by atoms with van der Waals surface area (Å²) in [7, 11) is 0. The second-order valence-corrected chi connectivity index (χ2v) is 9.88. The third-order valence-corrected chi connectivity index (χ3v) is 6.16. The molecule has 2 aliphatic heterocycles. The number of rotatable bonds is 7. The largest absolute Gasteiger partial charge is 0.405 e. The summed E-state index contributed by atoms with van der Waals surface area (Å²) in [6.45, 7) is 9.50. The van der Waals surface area contributed by atoms with Crippen molar-refractivity contribution in [3.8, 4) is 0 Å². The van der Waals surface area contributed by atoms with Gasteiger partial charge in [0.2, 0.25) is 0 Å². The number of hydrogen-bond acceptors (Lipinski definition) is 7. The fourth-order valence-electron chi connectivity index (χ4n) is 3.34. The summed E-state index contributed by atoms with van der Waals surface area (Å²) in [6, 6.07) is 0. The fraction of sp³-hybridized carbons (Fsp3) is 0.619. The van der Waals surface area contributed by atoms with Crippen molar-refractivity contribution < 1.29 is 13.2 Å². The number of hydrogen-bond donors (Lipinski definition) is 6. The molecule has 2 aliphatic rings. The predicted molar refractivity (Wildman–Crippen MR) is 122 cm³/mol. The van der Waals surface area contributed by atoms with Gasteiger partial charge in [0.25, 0.3) is 0 Å². The highest BCUT2D eigenvalue weighted by molar-refractivity contribution is 8.02. The molecule has 1 unspecified atom stereocenters. The second-order valence-electron chi connectivity index (χ2n) is 9.03. The van der Waals surface area contributed by atoms with Gasteiger partial charge in [-0.1, -0.05) is 34.6 Å². The number of allylic oxidation sites excluding steroid dienone is 5. The van der Waals surface area contributed by atoms with Crippen LogP contribution in [0.4, 0.5) is 13.2 Å². The first-order valence-corrected chi connectivity index (χ1v) is 11.2. The Morgan fingerprint density at radius 2 is 2.06 bits per heavy atom. The van der Waals surface area contributed by atoms with Crippen molar-refractivity contribution in [3.05, 3.63) is 33.9 Å². The molecule has 1 atom stereocenters. The number of piperidine rings is 1. The van der Waals surface area contributed by atoms with Gasteiger partial charge in [0.1, 0.15) is 12.4 Å². The van der Waals surface area contributed by atoms with E-state index in [1.54, 1.807) is 13.8 Å². The van der Waals surface area contributed by atoms with Gasteiger partial charge in [-0.15, -0.1) is 0 Å². The van der Waals surface area contributed by atoms with Crippen molar-refractivity contribution in [2.75, 3.05) is 13.1 Å². The quantitative estimate of drug-likeness (QED) is 0.247. The average Bonchev–Trinajstić information content (AvgIpc) is 2.65. The minimum atomic E-state index is -4.34.